The number of hydrogen-bond donors (Lipinski definition) is 5. The minimum atomic E-state index is -4.85. The van der Waals surface area contributed by atoms with E-state index in [0.717, 1.165) is 6.07 Å². The van der Waals surface area contributed by atoms with Crippen molar-refractivity contribution in [2.24, 2.45) is 0 Å². The van der Waals surface area contributed by atoms with E-state index in [0.29, 0.717) is 11.3 Å². The minimum Gasteiger partial charge on any atom is -0.406 e. The number of benzene rings is 2. The normalized spacial score (nSPS) is 12.6. The summed E-state index contributed by atoms with van der Waals surface area (Å²) in [6, 6.07) is 11.4. The second-order valence-corrected chi connectivity index (χ2v) is 8.44. The maximum Gasteiger partial charge on any atom is 0.573 e. The van der Waals surface area contributed by atoms with Gasteiger partial charge in [0.1, 0.15) is 5.75 Å². The lowest BCUT2D eigenvalue weighted by Crippen LogP contribution is -2.21. The summed E-state index contributed by atoms with van der Waals surface area (Å²) in [7, 11) is -4.34. The molecule has 0 bridgehead atoms. The maximum atomic E-state index is 12.6. The van der Waals surface area contributed by atoms with Crippen molar-refractivity contribution in [3.05, 3.63) is 54.6 Å². The highest BCUT2D eigenvalue weighted by atomic mass is 32.2. The lowest BCUT2D eigenvalue weighted by molar-refractivity contribution is -0.274. The molecule has 0 radical (unpaired) electrons. The number of rotatable bonds is 9. The first-order valence-electron chi connectivity index (χ1n) is 9.65. The highest BCUT2D eigenvalue weighted by Gasteiger charge is 2.31. The van der Waals surface area contributed by atoms with E-state index < -0.39 is 28.3 Å². The van der Waals surface area contributed by atoms with Gasteiger partial charge < -0.3 is 15.2 Å². The van der Waals surface area contributed by atoms with Crippen LogP contribution >= 0.6 is 0 Å². The summed E-state index contributed by atoms with van der Waals surface area (Å²) in [6.45, 7) is 1.46. The van der Waals surface area contributed by atoms with Gasteiger partial charge in [0.2, 0.25) is 5.95 Å². The standard InChI is InChI=1S/C20H20F3N5O5S/c1-12(11-29)24-19-25-17(13-3-2-4-15(9-13)33-20(21,22)23)10-18(26-19)28-27-14-5-7-16(8-6-14)34(30,31)32/h2-10,12,27,29H,11H2,1H3,(H,30,31,32)(H2,24,25,26,28)/t12-/m1/s1. The van der Waals surface area contributed by atoms with Gasteiger partial charge in [-0.3, -0.25) is 15.4 Å². The van der Waals surface area contributed by atoms with Crippen LogP contribution in [0.15, 0.2) is 59.5 Å². The molecule has 10 nitrogen and oxygen atoms in total. The first-order chi connectivity index (χ1) is 15.9. The average molecular weight is 499 g/mol. The van der Waals surface area contributed by atoms with Crippen molar-refractivity contribution in [1.82, 2.24) is 9.97 Å². The van der Waals surface area contributed by atoms with E-state index in [1.807, 2.05) is 0 Å². The zero-order valence-corrected chi connectivity index (χ0v) is 18.4. The van der Waals surface area contributed by atoms with Crippen molar-refractivity contribution in [3.63, 3.8) is 0 Å². The van der Waals surface area contributed by atoms with Gasteiger partial charge in [0.25, 0.3) is 10.1 Å². The molecule has 0 aliphatic rings. The van der Waals surface area contributed by atoms with Gasteiger partial charge in [-0.2, -0.15) is 13.4 Å². The second kappa shape index (κ2) is 10.1. The molecule has 1 atom stereocenters. The van der Waals surface area contributed by atoms with Gasteiger partial charge in [0.15, 0.2) is 5.82 Å². The van der Waals surface area contributed by atoms with Crippen molar-refractivity contribution in [2.45, 2.75) is 24.2 Å². The molecule has 1 aromatic heterocycles. The van der Waals surface area contributed by atoms with Crippen molar-refractivity contribution < 1.29 is 36.0 Å². The molecule has 182 valence electrons. The molecule has 1 heterocycles. The summed E-state index contributed by atoms with van der Waals surface area (Å²) < 4.78 is 73.1. The molecule has 3 rings (SSSR count). The summed E-state index contributed by atoms with van der Waals surface area (Å²) in [5.74, 6) is -0.126. The van der Waals surface area contributed by atoms with Gasteiger partial charge in [-0.1, -0.05) is 12.1 Å². The van der Waals surface area contributed by atoms with E-state index in [4.69, 9.17) is 4.55 Å². The molecule has 0 unspecified atom stereocenters. The monoisotopic (exact) mass is 499 g/mol. The van der Waals surface area contributed by atoms with Gasteiger partial charge in [-0.25, -0.2) is 4.98 Å². The van der Waals surface area contributed by atoms with E-state index in [-0.39, 0.29) is 29.0 Å². The highest BCUT2D eigenvalue weighted by molar-refractivity contribution is 7.85. The Morgan fingerprint density at radius 3 is 2.38 bits per heavy atom. The Balaban J connectivity index is 1.88. The average Bonchev–Trinajstić information content (AvgIpc) is 2.76. The summed E-state index contributed by atoms with van der Waals surface area (Å²) in [6.07, 6.45) is -4.85. The van der Waals surface area contributed by atoms with E-state index >= 15 is 0 Å². The molecular weight excluding hydrogens is 479 g/mol. The number of aromatic nitrogens is 2. The number of nitrogens with zero attached hydrogens (tertiary/aromatic N) is 2. The van der Waals surface area contributed by atoms with E-state index in [2.05, 4.69) is 30.9 Å². The van der Waals surface area contributed by atoms with Crippen molar-refractivity contribution in [2.75, 3.05) is 22.8 Å². The maximum absolute atomic E-state index is 12.6. The Bertz CT molecular complexity index is 1240. The topological polar surface area (TPSA) is 146 Å². The predicted molar refractivity (Wildman–Crippen MR) is 118 cm³/mol. The predicted octanol–water partition coefficient (Wildman–Crippen LogP) is 3.52. The van der Waals surface area contributed by atoms with Crippen LogP contribution in [0, 0.1) is 0 Å². The van der Waals surface area contributed by atoms with E-state index in [1.165, 1.54) is 48.5 Å². The molecule has 0 spiro atoms. The number of ether oxygens (including phenoxy) is 1. The zero-order chi connectivity index (χ0) is 24.9. The second-order valence-electron chi connectivity index (χ2n) is 7.02. The Kier molecular flexibility index (Phi) is 7.44. The fraction of sp³-hybridized carbons (Fsp3) is 0.200. The molecular formula is C20H20F3N5O5S. The van der Waals surface area contributed by atoms with Gasteiger partial charge in [-0.15, -0.1) is 13.2 Å². The minimum absolute atomic E-state index is 0.0900. The van der Waals surface area contributed by atoms with Gasteiger partial charge in [0.05, 0.1) is 22.9 Å². The number of aliphatic hydroxyl groups excluding tert-OH is 1. The van der Waals surface area contributed by atoms with Gasteiger partial charge in [-0.05, 0) is 43.3 Å². The first kappa shape index (κ1) is 25.0. The van der Waals surface area contributed by atoms with E-state index in [1.54, 1.807) is 6.92 Å². The summed E-state index contributed by atoms with van der Waals surface area (Å²) in [5.41, 5.74) is 6.56. The number of aliphatic hydroxyl groups is 1. The molecule has 0 aliphatic carbocycles. The van der Waals surface area contributed by atoms with Gasteiger partial charge >= 0.3 is 6.36 Å². The van der Waals surface area contributed by atoms with Crippen molar-refractivity contribution >= 4 is 27.6 Å². The first-order valence-corrected chi connectivity index (χ1v) is 11.1. The molecule has 0 saturated carbocycles. The van der Waals surface area contributed by atoms with Crippen LogP contribution in [-0.2, 0) is 10.1 Å². The van der Waals surface area contributed by atoms with Gasteiger partial charge in [0, 0.05) is 17.7 Å². The van der Waals surface area contributed by atoms with E-state index in [9.17, 15) is 26.7 Å². The third-order valence-corrected chi connectivity index (χ3v) is 5.09. The molecule has 0 amide bonds. The Hall–Kier alpha value is -3.62. The number of nitrogens with one attached hydrogen (secondary N) is 3. The molecule has 0 aliphatic heterocycles. The Labute approximate surface area is 192 Å². The number of hydrazine groups is 1. The quantitative estimate of drug-likeness (QED) is 0.219. The smallest absolute Gasteiger partial charge is 0.406 e. The van der Waals surface area contributed by atoms with Crippen LogP contribution in [0.5, 0.6) is 5.75 Å². The molecule has 14 heteroatoms. The molecule has 5 N–H and O–H groups in total. The lowest BCUT2D eigenvalue weighted by atomic mass is 10.1. The lowest BCUT2D eigenvalue weighted by Gasteiger charge is -2.15. The molecule has 0 saturated heterocycles. The Morgan fingerprint density at radius 1 is 1.06 bits per heavy atom. The fourth-order valence-electron chi connectivity index (χ4n) is 2.69. The van der Waals surface area contributed by atoms with Crippen LogP contribution in [0.2, 0.25) is 0 Å². The fourth-order valence-corrected chi connectivity index (χ4v) is 3.17. The van der Waals surface area contributed by atoms with Crippen molar-refractivity contribution in [3.8, 4) is 17.0 Å². The molecule has 2 aromatic carbocycles. The SMILES string of the molecule is C[C@H](CO)Nc1nc(NNc2ccc(S(=O)(=O)O)cc2)cc(-c2cccc(OC(F)(F)F)c2)n1. The number of anilines is 3. The summed E-state index contributed by atoms with van der Waals surface area (Å²) in [4.78, 5) is 8.25. The highest BCUT2D eigenvalue weighted by Crippen LogP contribution is 2.29. The van der Waals surface area contributed by atoms with Crippen molar-refractivity contribution in [1.29, 1.82) is 0 Å². The summed E-state index contributed by atoms with van der Waals surface area (Å²) >= 11 is 0. The summed E-state index contributed by atoms with van der Waals surface area (Å²) in [5, 5.41) is 12.2. The third-order valence-electron chi connectivity index (χ3n) is 4.23. The molecule has 34 heavy (non-hydrogen) atoms. The van der Waals surface area contributed by atoms with Crippen LogP contribution in [-0.4, -0.2) is 47.1 Å². The van der Waals surface area contributed by atoms with Crippen LogP contribution in [0.4, 0.5) is 30.6 Å². The molecule has 0 fully saturated rings. The third kappa shape index (κ3) is 7.19. The van der Waals surface area contributed by atoms with Crippen LogP contribution in [0.1, 0.15) is 6.92 Å². The van der Waals surface area contributed by atoms with Crippen LogP contribution < -0.4 is 20.9 Å². The Morgan fingerprint density at radius 2 is 1.76 bits per heavy atom. The zero-order valence-electron chi connectivity index (χ0n) is 17.5. The number of alkyl halides is 3. The van der Waals surface area contributed by atoms with Crippen LogP contribution in [0.25, 0.3) is 11.3 Å². The molecule has 3 aromatic rings. The number of halogens is 3. The number of hydrogen-bond acceptors (Lipinski definition) is 9. The van der Waals surface area contributed by atoms with Crippen LogP contribution in [0.3, 0.4) is 0 Å². The largest absolute Gasteiger partial charge is 0.573 e.